The van der Waals surface area contributed by atoms with Gasteiger partial charge in [-0.15, -0.1) is 0 Å². The summed E-state index contributed by atoms with van der Waals surface area (Å²) in [5, 5.41) is 8.19. The van der Waals surface area contributed by atoms with Crippen LogP contribution in [-0.2, 0) is 11.4 Å². The van der Waals surface area contributed by atoms with E-state index in [1.54, 1.807) is 12.1 Å². The van der Waals surface area contributed by atoms with E-state index < -0.39 is 5.97 Å². The summed E-state index contributed by atoms with van der Waals surface area (Å²) >= 11 is 0. The molecule has 0 heterocycles. The van der Waals surface area contributed by atoms with Gasteiger partial charge in [-0.2, -0.15) is 5.26 Å². The van der Waals surface area contributed by atoms with Gasteiger partial charge in [-0.1, -0.05) is 12.1 Å². The summed E-state index contributed by atoms with van der Waals surface area (Å²) in [6, 6.07) is 7.00. The van der Waals surface area contributed by atoms with Crippen molar-refractivity contribution in [1.29, 1.82) is 0 Å². The highest BCUT2D eigenvalue weighted by atomic mass is 17.1. The van der Waals surface area contributed by atoms with Crippen LogP contribution in [-0.4, -0.2) is 36.9 Å². The van der Waals surface area contributed by atoms with Gasteiger partial charge in [0, 0.05) is 5.56 Å². The van der Waals surface area contributed by atoms with Crippen LogP contribution in [0, 0.1) is 0 Å². The van der Waals surface area contributed by atoms with Gasteiger partial charge in [0.2, 0.25) is 0 Å². The van der Waals surface area contributed by atoms with Gasteiger partial charge in [0.1, 0.15) is 6.54 Å². The van der Waals surface area contributed by atoms with Crippen LogP contribution in [0.4, 0.5) is 0 Å². The molecule has 0 unspecified atom stereocenters. The zero-order valence-electron chi connectivity index (χ0n) is 9.23. The number of carbonyl (C=O) groups is 1. The molecule has 0 saturated heterocycles. The van der Waals surface area contributed by atoms with Crippen molar-refractivity contribution in [3.63, 3.8) is 0 Å². The van der Waals surface area contributed by atoms with E-state index in [1.165, 1.54) is 0 Å². The molecule has 1 N–H and O–H groups in total. The van der Waals surface area contributed by atoms with Crippen molar-refractivity contribution in [2.24, 2.45) is 0 Å². The summed E-state index contributed by atoms with van der Waals surface area (Å²) in [6.07, 6.45) is 0. The Morgan fingerprint density at radius 3 is 2.20 bits per heavy atom. The van der Waals surface area contributed by atoms with Crippen molar-refractivity contribution in [3.8, 4) is 0 Å². The average Bonchev–Trinajstić information content (AvgIpc) is 2.15. The summed E-state index contributed by atoms with van der Waals surface area (Å²) in [5.41, 5.74) is 1.49. The molecule has 0 amide bonds. The van der Waals surface area contributed by atoms with Crippen molar-refractivity contribution >= 4 is 5.97 Å². The zero-order chi connectivity index (χ0) is 11.5. The highest BCUT2D eigenvalue weighted by Gasteiger charge is 2.10. The highest BCUT2D eigenvalue weighted by Crippen LogP contribution is 2.09. The van der Waals surface area contributed by atoms with Gasteiger partial charge in [-0.25, -0.2) is 4.79 Å². The van der Waals surface area contributed by atoms with Crippen LogP contribution in [0.1, 0.15) is 15.9 Å². The van der Waals surface area contributed by atoms with Crippen LogP contribution in [0.3, 0.4) is 0 Å². The third-order valence-corrected chi connectivity index (χ3v) is 1.93. The van der Waals surface area contributed by atoms with E-state index in [0.717, 1.165) is 16.6 Å². The zero-order valence-corrected chi connectivity index (χ0v) is 9.23. The third-order valence-electron chi connectivity index (χ3n) is 1.93. The van der Waals surface area contributed by atoms with Crippen molar-refractivity contribution in [3.05, 3.63) is 35.4 Å². The second-order valence-electron chi connectivity index (χ2n) is 4.52. The fourth-order valence-electron chi connectivity index (χ4n) is 1.35. The highest BCUT2D eigenvalue weighted by molar-refractivity contribution is 5.88. The Bertz CT molecular complexity index is 338. The molecule has 4 heteroatoms. The monoisotopic (exact) mass is 210 g/mol. The van der Waals surface area contributed by atoms with Gasteiger partial charge in [0.25, 0.3) is 0 Å². The number of nitrogens with zero attached hydrogens (tertiary/aromatic N) is 1. The maximum Gasteiger partial charge on any atom is 0.372 e. The Kier molecular flexibility index (Phi) is 3.44. The van der Waals surface area contributed by atoms with E-state index in [0.29, 0.717) is 5.56 Å². The van der Waals surface area contributed by atoms with Crippen molar-refractivity contribution < 1.29 is 19.4 Å². The standard InChI is InChI=1S/C11H15NO3/c1-12(2,3)8-9-4-6-10(7-5-9)11(13)15-14/h4-7H,8H2,1-3H3/p+1. The Balaban J connectivity index is 2.77. The van der Waals surface area contributed by atoms with Crippen LogP contribution < -0.4 is 0 Å². The Morgan fingerprint density at radius 2 is 1.80 bits per heavy atom. The number of hydrogen-bond acceptors (Lipinski definition) is 3. The fourth-order valence-corrected chi connectivity index (χ4v) is 1.35. The van der Waals surface area contributed by atoms with E-state index in [4.69, 9.17) is 5.26 Å². The largest absolute Gasteiger partial charge is 0.372 e. The molecule has 0 spiro atoms. The van der Waals surface area contributed by atoms with E-state index in [2.05, 4.69) is 26.0 Å². The smallest absolute Gasteiger partial charge is 0.327 e. The summed E-state index contributed by atoms with van der Waals surface area (Å²) in [7, 11) is 6.28. The molecule has 0 bridgehead atoms. The number of rotatable bonds is 3. The van der Waals surface area contributed by atoms with Crippen LogP contribution in [0.5, 0.6) is 0 Å². The van der Waals surface area contributed by atoms with Gasteiger partial charge in [0.15, 0.2) is 0 Å². The predicted molar refractivity (Wildman–Crippen MR) is 56.2 cm³/mol. The van der Waals surface area contributed by atoms with Gasteiger partial charge >= 0.3 is 5.97 Å². The Labute approximate surface area is 89.2 Å². The SMILES string of the molecule is C[N+](C)(C)Cc1ccc(C(=O)OO)cc1. The first kappa shape index (κ1) is 11.7. The molecule has 0 saturated carbocycles. The second kappa shape index (κ2) is 4.42. The number of benzene rings is 1. The Hall–Kier alpha value is -1.39. The van der Waals surface area contributed by atoms with E-state index in [-0.39, 0.29) is 0 Å². The topological polar surface area (TPSA) is 46.5 Å². The first-order valence-electron chi connectivity index (χ1n) is 4.67. The van der Waals surface area contributed by atoms with Crippen LogP contribution in [0.2, 0.25) is 0 Å². The lowest BCUT2D eigenvalue weighted by atomic mass is 10.1. The van der Waals surface area contributed by atoms with E-state index in [9.17, 15) is 4.79 Å². The molecule has 0 radical (unpaired) electrons. The van der Waals surface area contributed by atoms with E-state index >= 15 is 0 Å². The summed E-state index contributed by atoms with van der Waals surface area (Å²) < 4.78 is 0.823. The second-order valence-corrected chi connectivity index (χ2v) is 4.52. The molecule has 4 nitrogen and oxygen atoms in total. The van der Waals surface area contributed by atoms with E-state index in [1.807, 2.05) is 12.1 Å². The number of quaternary nitrogens is 1. The maximum absolute atomic E-state index is 10.9. The Morgan fingerprint density at radius 1 is 1.27 bits per heavy atom. The molecule has 0 atom stereocenters. The summed E-state index contributed by atoms with van der Waals surface area (Å²) in [6.45, 7) is 0.883. The molecule has 0 aromatic heterocycles. The lowest BCUT2D eigenvalue weighted by molar-refractivity contribution is -0.884. The van der Waals surface area contributed by atoms with Gasteiger partial charge < -0.3 is 4.48 Å². The van der Waals surface area contributed by atoms with Gasteiger partial charge in [0.05, 0.1) is 26.7 Å². The molecule has 15 heavy (non-hydrogen) atoms. The minimum Gasteiger partial charge on any atom is -0.327 e. The average molecular weight is 210 g/mol. The first-order valence-corrected chi connectivity index (χ1v) is 4.67. The molecule has 82 valence electrons. The lowest BCUT2D eigenvalue weighted by Crippen LogP contribution is -2.33. The predicted octanol–water partition coefficient (Wildman–Crippen LogP) is 1.52. The van der Waals surface area contributed by atoms with Crippen molar-refractivity contribution in [2.75, 3.05) is 21.1 Å². The molecule has 1 aromatic carbocycles. The molecule has 1 aromatic rings. The summed E-state index contributed by atoms with van der Waals surface area (Å²) in [4.78, 5) is 14.6. The van der Waals surface area contributed by atoms with Crippen LogP contribution in [0.25, 0.3) is 0 Å². The third kappa shape index (κ3) is 3.69. The molecular formula is C11H16NO3+. The normalized spacial score (nSPS) is 11.2. The van der Waals surface area contributed by atoms with Crippen LogP contribution >= 0.6 is 0 Å². The minimum absolute atomic E-state index is 0.350. The van der Waals surface area contributed by atoms with Crippen LogP contribution in [0.15, 0.2) is 24.3 Å². The maximum atomic E-state index is 10.9. The van der Waals surface area contributed by atoms with Gasteiger partial charge in [-0.3, -0.25) is 4.89 Å². The molecule has 0 aliphatic carbocycles. The number of hydrogen-bond donors (Lipinski definition) is 1. The van der Waals surface area contributed by atoms with Crippen molar-refractivity contribution in [1.82, 2.24) is 0 Å². The first-order chi connectivity index (χ1) is 6.92. The van der Waals surface area contributed by atoms with Crippen molar-refractivity contribution in [2.45, 2.75) is 6.54 Å². The summed E-state index contributed by atoms with van der Waals surface area (Å²) in [5.74, 6) is -0.730. The molecule has 0 aliphatic heterocycles. The minimum atomic E-state index is -0.730. The molecule has 0 fully saturated rings. The fraction of sp³-hybridized carbons (Fsp3) is 0.364. The molecule has 0 aliphatic rings. The quantitative estimate of drug-likeness (QED) is 0.467. The molecule has 1 rings (SSSR count). The lowest BCUT2D eigenvalue weighted by Gasteiger charge is -2.23. The number of carbonyl (C=O) groups excluding carboxylic acids is 1. The van der Waals surface area contributed by atoms with Gasteiger partial charge in [-0.05, 0) is 12.1 Å². The molecular weight excluding hydrogens is 194 g/mol.